The lowest BCUT2D eigenvalue weighted by molar-refractivity contribution is 0.254. The highest BCUT2D eigenvalue weighted by molar-refractivity contribution is 5.90. The fourth-order valence-electron chi connectivity index (χ4n) is 1.79. The Bertz CT molecular complexity index is 498. The molecule has 1 aliphatic rings. The molecule has 0 saturated carbocycles. The molecular formula is C15H18N2O. The molecule has 0 saturated heterocycles. The number of benzene rings is 1. The summed E-state index contributed by atoms with van der Waals surface area (Å²) in [4.78, 5) is 11.8. The van der Waals surface area contributed by atoms with E-state index in [0.717, 1.165) is 24.2 Å². The highest BCUT2D eigenvalue weighted by atomic mass is 16.2. The molecule has 18 heavy (non-hydrogen) atoms. The second-order valence-corrected chi connectivity index (χ2v) is 4.65. The third-order valence-electron chi connectivity index (χ3n) is 2.94. The monoisotopic (exact) mass is 242 g/mol. The van der Waals surface area contributed by atoms with Crippen molar-refractivity contribution in [1.82, 2.24) is 5.32 Å². The molecule has 1 aromatic carbocycles. The van der Waals surface area contributed by atoms with Gasteiger partial charge in [-0.15, -0.1) is 0 Å². The molecule has 0 aliphatic heterocycles. The zero-order chi connectivity index (χ0) is 13.0. The van der Waals surface area contributed by atoms with Crippen LogP contribution >= 0.6 is 0 Å². The van der Waals surface area contributed by atoms with Crippen LogP contribution in [0.5, 0.6) is 0 Å². The van der Waals surface area contributed by atoms with Crippen molar-refractivity contribution in [1.29, 1.82) is 0 Å². The van der Waals surface area contributed by atoms with Crippen LogP contribution in [0.15, 0.2) is 47.7 Å². The predicted molar refractivity (Wildman–Crippen MR) is 74.4 cm³/mol. The molecule has 0 unspecified atom stereocenters. The first-order valence-electron chi connectivity index (χ1n) is 6.14. The summed E-state index contributed by atoms with van der Waals surface area (Å²) in [6, 6.07) is 7.56. The Morgan fingerprint density at radius 2 is 1.72 bits per heavy atom. The van der Waals surface area contributed by atoms with Crippen LogP contribution in [0.1, 0.15) is 25.3 Å². The lowest BCUT2D eigenvalue weighted by Crippen LogP contribution is -2.28. The zero-order valence-electron chi connectivity index (χ0n) is 10.8. The number of hydrogen-bond acceptors (Lipinski definition) is 1. The van der Waals surface area contributed by atoms with E-state index in [1.54, 1.807) is 0 Å². The number of nitrogens with one attached hydrogen (secondary N) is 2. The fourth-order valence-corrected chi connectivity index (χ4v) is 1.79. The van der Waals surface area contributed by atoms with Gasteiger partial charge in [0.2, 0.25) is 0 Å². The summed E-state index contributed by atoms with van der Waals surface area (Å²) in [5.41, 5.74) is 4.29. The van der Waals surface area contributed by atoms with Gasteiger partial charge in [0.05, 0.1) is 0 Å². The summed E-state index contributed by atoms with van der Waals surface area (Å²) < 4.78 is 0. The van der Waals surface area contributed by atoms with Crippen molar-refractivity contribution < 1.29 is 4.79 Å². The van der Waals surface area contributed by atoms with E-state index in [0.29, 0.717) is 0 Å². The number of carbonyl (C=O) groups excluding carboxylic acids is 1. The van der Waals surface area contributed by atoms with Crippen molar-refractivity contribution in [2.24, 2.45) is 0 Å². The SMILES string of the molecule is CC1=CC=C(NC(=O)Nc2ccc(C)cc2)CC1. The van der Waals surface area contributed by atoms with Crippen molar-refractivity contribution in [3.05, 3.63) is 53.3 Å². The molecule has 2 rings (SSSR count). The molecule has 0 heterocycles. The van der Waals surface area contributed by atoms with Gasteiger partial charge in [-0.25, -0.2) is 4.79 Å². The van der Waals surface area contributed by atoms with Crippen LogP contribution in [0.25, 0.3) is 0 Å². The van der Waals surface area contributed by atoms with Gasteiger partial charge >= 0.3 is 6.03 Å². The summed E-state index contributed by atoms with van der Waals surface area (Å²) in [5.74, 6) is 0. The van der Waals surface area contributed by atoms with Crippen LogP contribution in [0.2, 0.25) is 0 Å². The first-order chi connectivity index (χ1) is 8.63. The first-order valence-corrected chi connectivity index (χ1v) is 6.14. The van der Waals surface area contributed by atoms with E-state index in [-0.39, 0.29) is 6.03 Å². The van der Waals surface area contributed by atoms with Crippen LogP contribution in [0.3, 0.4) is 0 Å². The molecule has 3 nitrogen and oxygen atoms in total. The van der Waals surface area contributed by atoms with Crippen molar-refractivity contribution >= 4 is 11.7 Å². The lowest BCUT2D eigenvalue weighted by atomic mass is 10.0. The van der Waals surface area contributed by atoms with Gasteiger partial charge in [0.1, 0.15) is 0 Å². The van der Waals surface area contributed by atoms with Gasteiger partial charge in [-0.2, -0.15) is 0 Å². The molecule has 0 atom stereocenters. The van der Waals surface area contributed by atoms with E-state index in [1.165, 1.54) is 11.1 Å². The number of rotatable bonds is 2. The highest BCUT2D eigenvalue weighted by Gasteiger charge is 2.07. The molecule has 3 heteroatoms. The molecule has 0 fully saturated rings. The average Bonchev–Trinajstić information content (AvgIpc) is 2.35. The number of anilines is 1. The average molecular weight is 242 g/mol. The Morgan fingerprint density at radius 3 is 2.33 bits per heavy atom. The first kappa shape index (κ1) is 12.4. The van der Waals surface area contributed by atoms with E-state index in [1.807, 2.05) is 43.3 Å². The minimum atomic E-state index is -0.182. The molecule has 1 aliphatic carbocycles. The highest BCUT2D eigenvalue weighted by Crippen LogP contribution is 2.16. The van der Waals surface area contributed by atoms with Gasteiger partial charge in [0, 0.05) is 11.4 Å². The third kappa shape index (κ3) is 3.48. The molecule has 1 aromatic rings. The topological polar surface area (TPSA) is 41.1 Å². The van der Waals surface area contributed by atoms with Crippen LogP contribution in [0.4, 0.5) is 10.5 Å². The molecule has 0 radical (unpaired) electrons. The predicted octanol–water partition coefficient (Wildman–Crippen LogP) is 3.74. The minimum Gasteiger partial charge on any atom is -0.312 e. The maximum absolute atomic E-state index is 11.8. The fraction of sp³-hybridized carbons (Fsp3) is 0.267. The van der Waals surface area contributed by atoms with E-state index >= 15 is 0 Å². The summed E-state index contributed by atoms with van der Waals surface area (Å²) in [7, 11) is 0. The van der Waals surface area contributed by atoms with Gasteiger partial charge in [-0.3, -0.25) is 0 Å². The summed E-state index contributed by atoms with van der Waals surface area (Å²) in [6.45, 7) is 4.12. The molecule has 2 amide bonds. The Labute approximate surface area is 108 Å². The normalized spacial score (nSPS) is 14.6. The number of amides is 2. The molecule has 0 bridgehead atoms. The lowest BCUT2D eigenvalue weighted by Gasteiger charge is -2.14. The smallest absolute Gasteiger partial charge is 0.312 e. The van der Waals surface area contributed by atoms with Crippen molar-refractivity contribution in [2.75, 3.05) is 5.32 Å². The Morgan fingerprint density at radius 1 is 1.00 bits per heavy atom. The van der Waals surface area contributed by atoms with E-state index in [9.17, 15) is 4.79 Å². The molecule has 0 spiro atoms. The molecule has 94 valence electrons. The maximum Gasteiger partial charge on any atom is 0.323 e. The minimum absolute atomic E-state index is 0.182. The summed E-state index contributed by atoms with van der Waals surface area (Å²) >= 11 is 0. The second-order valence-electron chi connectivity index (χ2n) is 4.65. The van der Waals surface area contributed by atoms with Gasteiger partial charge in [-0.1, -0.05) is 29.3 Å². The van der Waals surface area contributed by atoms with Gasteiger partial charge in [-0.05, 0) is 44.9 Å². The quantitative estimate of drug-likeness (QED) is 0.815. The standard InChI is InChI=1S/C15H18N2O/c1-11-3-7-13(8-4-11)16-15(18)17-14-9-5-12(2)6-10-14/h3-5,7-9H,6,10H2,1-2H3,(H2,16,17,18). The zero-order valence-corrected chi connectivity index (χ0v) is 10.8. The van der Waals surface area contributed by atoms with Gasteiger partial charge in [0.25, 0.3) is 0 Å². The van der Waals surface area contributed by atoms with Crippen LogP contribution in [0, 0.1) is 6.92 Å². The van der Waals surface area contributed by atoms with Crippen molar-refractivity contribution in [2.45, 2.75) is 26.7 Å². The van der Waals surface area contributed by atoms with Crippen LogP contribution in [-0.2, 0) is 0 Å². The van der Waals surface area contributed by atoms with Crippen LogP contribution < -0.4 is 10.6 Å². The second kappa shape index (κ2) is 5.54. The number of carbonyl (C=O) groups is 1. The number of urea groups is 1. The largest absolute Gasteiger partial charge is 0.323 e. The molecule has 2 N–H and O–H groups in total. The van der Waals surface area contributed by atoms with Gasteiger partial charge in [0.15, 0.2) is 0 Å². The van der Waals surface area contributed by atoms with Crippen molar-refractivity contribution in [3.63, 3.8) is 0 Å². The summed E-state index contributed by atoms with van der Waals surface area (Å²) in [5, 5.41) is 5.69. The molecule has 0 aromatic heterocycles. The van der Waals surface area contributed by atoms with E-state index in [4.69, 9.17) is 0 Å². The Hall–Kier alpha value is -2.03. The van der Waals surface area contributed by atoms with Crippen molar-refractivity contribution in [3.8, 4) is 0 Å². The molecular weight excluding hydrogens is 224 g/mol. The number of hydrogen-bond donors (Lipinski definition) is 2. The van der Waals surface area contributed by atoms with Gasteiger partial charge < -0.3 is 10.6 Å². The van der Waals surface area contributed by atoms with Crippen LogP contribution in [-0.4, -0.2) is 6.03 Å². The third-order valence-corrected chi connectivity index (χ3v) is 2.94. The summed E-state index contributed by atoms with van der Waals surface area (Å²) in [6.07, 6.45) is 5.92. The Kier molecular flexibility index (Phi) is 3.82. The number of aryl methyl sites for hydroxylation is 1. The van der Waals surface area contributed by atoms with E-state index < -0.39 is 0 Å². The maximum atomic E-state index is 11.8. The number of allylic oxidation sites excluding steroid dienone is 4. The van der Waals surface area contributed by atoms with E-state index in [2.05, 4.69) is 17.6 Å². The Balaban J connectivity index is 1.91.